The summed E-state index contributed by atoms with van der Waals surface area (Å²) in [5, 5.41) is 3.20. The number of carbonyl (C=O) groups excluding carboxylic acids is 1. The zero-order chi connectivity index (χ0) is 15.3. The van der Waals surface area contributed by atoms with Gasteiger partial charge in [0.05, 0.1) is 6.10 Å². The molecule has 0 aromatic heterocycles. The highest BCUT2D eigenvalue weighted by molar-refractivity contribution is 7.87. The highest BCUT2D eigenvalue weighted by atomic mass is 32.2. The van der Waals surface area contributed by atoms with Gasteiger partial charge in [0.25, 0.3) is 0 Å². The summed E-state index contributed by atoms with van der Waals surface area (Å²) < 4.78 is 32.1. The molecule has 2 N–H and O–H groups in total. The molecule has 0 aromatic carbocycles. The van der Waals surface area contributed by atoms with Crippen molar-refractivity contribution in [2.45, 2.75) is 57.7 Å². The van der Waals surface area contributed by atoms with Crippen molar-refractivity contribution in [3.05, 3.63) is 0 Å². The maximum absolute atomic E-state index is 12.1. The van der Waals surface area contributed by atoms with Crippen molar-refractivity contribution in [1.29, 1.82) is 0 Å². The van der Waals surface area contributed by atoms with Gasteiger partial charge in [-0.3, -0.25) is 0 Å². The third-order valence-electron chi connectivity index (χ3n) is 3.55. The van der Waals surface area contributed by atoms with Crippen molar-refractivity contribution in [2.24, 2.45) is 0 Å². The second-order valence-corrected chi connectivity index (χ2v) is 7.10. The Morgan fingerprint density at radius 3 is 2.25 bits per heavy atom. The summed E-state index contributed by atoms with van der Waals surface area (Å²) >= 11 is 0. The minimum atomic E-state index is -3.84. The summed E-state index contributed by atoms with van der Waals surface area (Å²) in [4.78, 5) is 11.4. The van der Waals surface area contributed by atoms with Gasteiger partial charge < -0.3 is 10.1 Å². The molecule has 0 unspecified atom stereocenters. The molecule has 7 nitrogen and oxygen atoms in total. The Labute approximate surface area is 121 Å². The van der Waals surface area contributed by atoms with Crippen LogP contribution in [0.3, 0.4) is 0 Å². The van der Waals surface area contributed by atoms with E-state index in [1.54, 1.807) is 13.8 Å². The lowest BCUT2D eigenvalue weighted by atomic mass is 9.91. The lowest BCUT2D eigenvalue weighted by Gasteiger charge is -2.33. The first-order valence-corrected chi connectivity index (χ1v) is 8.34. The van der Waals surface area contributed by atoms with Crippen molar-refractivity contribution in [1.82, 2.24) is 14.3 Å². The molecule has 0 spiro atoms. The maximum atomic E-state index is 12.1. The average Bonchev–Trinajstić information content (AvgIpc) is 2.36. The van der Waals surface area contributed by atoms with E-state index in [-0.39, 0.29) is 12.1 Å². The fourth-order valence-corrected chi connectivity index (χ4v) is 3.35. The van der Waals surface area contributed by atoms with Crippen LogP contribution in [0.2, 0.25) is 0 Å². The van der Waals surface area contributed by atoms with E-state index >= 15 is 0 Å². The highest BCUT2D eigenvalue weighted by Gasteiger charge is 2.31. The minimum absolute atomic E-state index is 0.0797. The zero-order valence-electron chi connectivity index (χ0n) is 12.5. The molecule has 1 fully saturated rings. The molecule has 0 atom stereocenters. The molecule has 20 heavy (non-hydrogen) atoms. The molecular formula is C12H25N3O4S. The van der Waals surface area contributed by atoms with E-state index in [2.05, 4.69) is 5.32 Å². The number of nitrogens with zero attached hydrogens (tertiary/aromatic N) is 1. The van der Waals surface area contributed by atoms with E-state index in [0.717, 1.165) is 25.7 Å². The van der Waals surface area contributed by atoms with Gasteiger partial charge in [-0.25, -0.2) is 9.52 Å². The Bertz CT molecular complexity index is 416. The molecule has 0 aromatic rings. The first kappa shape index (κ1) is 17.2. The largest absolute Gasteiger partial charge is 0.446 e. The van der Waals surface area contributed by atoms with E-state index in [1.165, 1.54) is 11.4 Å². The van der Waals surface area contributed by atoms with Crippen LogP contribution in [0.25, 0.3) is 0 Å². The summed E-state index contributed by atoms with van der Waals surface area (Å²) in [5.41, 5.74) is 0. The van der Waals surface area contributed by atoms with Gasteiger partial charge in [-0.15, -0.1) is 0 Å². The van der Waals surface area contributed by atoms with Crippen LogP contribution < -0.4 is 10.0 Å². The Kier molecular flexibility index (Phi) is 6.22. The number of carbonyl (C=O) groups is 1. The second kappa shape index (κ2) is 7.24. The van der Waals surface area contributed by atoms with Gasteiger partial charge in [0, 0.05) is 19.1 Å². The van der Waals surface area contributed by atoms with Crippen molar-refractivity contribution in [2.75, 3.05) is 14.1 Å². The summed E-state index contributed by atoms with van der Waals surface area (Å²) in [6.45, 7) is 3.32. The standard InChI is InChI=1S/C12H25N3O4S/c1-9(2)19-12(16)14-20(17,18)15(4)11-7-5-10(13-3)6-8-11/h9-11,13H,5-8H2,1-4H3,(H,14,16). The second-order valence-electron chi connectivity index (χ2n) is 5.37. The molecule has 1 rings (SSSR count). The molecule has 118 valence electrons. The number of nitrogens with one attached hydrogen (secondary N) is 2. The van der Waals surface area contributed by atoms with Gasteiger partial charge >= 0.3 is 16.3 Å². The first-order valence-electron chi connectivity index (χ1n) is 6.90. The van der Waals surface area contributed by atoms with Crippen LogP contribution in [-0.2, 0) is 14.9 Å². The van der Waals surface area contributed by atoms with Crippen LogP contribution in [0, 0.1) is 0 Å². The molecular weight excluding hydrogens is 282 g/mol. The lowest BCUT2D eigenvalue weighted by molar-refractivity contribution is 0.120. The van der Waals surface area contributed by atoms with Crippen molar-refractivity contribution in [3.63, 3.8) is 0 Å². The quantitative estimate of drug-likeness (QED) is 0.785. The van der Waals surface area contributed by atoms with Crippen LogP contribution in [0.1, 0.15) is 39.5 Å². The topological polar surface area (TPSA) is 87.7 Å². The maximum Gasteiger partial charge on any atom is 0.422 e. The number of hydrogen-bond donors (Lipinski definition) is 2. The van der Waals surface area contributed by atoms with Gasteiger partial charge in [-0.1, -0.05) is 0 Å². The Morgan fingerprint density at radius 2 is 1.80 bits per heavy atom. The Balaban J connectivity index is 2.57. The predicted molar refractivity (Wildman–Crippen MR) is 76.5 cm³/mol. The number of amides is 1. The van der Waals surface area contributed by atoms with Crippen LogP contribution >= 0.6 is 0 Å². The molecule has 0 heterocycles. The zero-order valence-corrected chi connectivity index (χ0v) is 13.4. The van der Waals surface area contributed by atoms with E-state index in [4.69, 9.17) is 4.74 Å². The number of rotatable bonds is 5. The SMILES string of the molecule is CNC1CCC(N(C)S(=O)(=O)NC(=O)OC(C)C)CC1. The molecule has 1 aliphatic carbocycles. The Hall–Kier alpha value is -0.860. The van der Waals surface area contributed by atoms with Crippen LogP contribution in [0.5, 0.6) is 0 Å². The van der Waals surface area contributed by atoms with E-state index < -0.39 is 16.3 Å². The fourth-order valence-electron chi connectivity index (χ4n) is 2.34. The third kappa shape index (κ3) is 4.92. The van der Waals surface area contributed by atoms with Gasteiger partial charge in [-0.2, -0.15) is 12.7 Å². The average molecular weight is 307 g/mol. The summed E-state index contributed by atoms with van der Waals surface area (Å²) in [5.74, 6) is 0. The summed E-state index contributed by atoms with van der Waals surface area (Å²) in [6.07, 6.45) is 2.12. The smallest absolute Gasteiger partial charge is 0.422 e. The normalized spacial score (nSPS) is 23.9. The molecule has 1 aliphatic rings. The Morgan fingerprint density at radius 1 is 1.25 bits per heavy atom. The first-order chi connectivity index (χ1) is 9.26. The molecule has 0 radical (unpaired) electrons. The van der Waals surface area contributed by atoms with Crippen LogP contribution in [-0.4, -0.2) is 51.1 Å². The molecule has 8 heteroatoms. The molecule has 0 aliphatic heterocycles. The molecule has 0 bridgehead atoms. The lowest BCUT2D eigenvalue weighted by Crippen LogP contribution is -2.48. The van der Waals surface area contributed by atoms with Gasteiger partial charge in [0.2, 0.25) is 0 Å². The van der Waals surface area contributed by atoms with Crippen LogP contribution in [0.4, 0.5) is 4.79 Å². The summed E-state index contributed by atoms with van der Waals surface area (Å²) in [6, 6.07) is 0.366. The van der Waals surface area contributed by atoms with E-state index in [9.17, 15) is 13.2 Å². The van der Waals surface area contributed by atoms with Gasteiger partial charge in [0.15, 0.2) is 0 Å². The molecule has 0 saturated heterocycles. The number of ether oxygens (including phenoxy) is 1. The van der Waals surface area contributed by atoms with Crippen molar-refractivity contribution in [3.8, 4) is 0 Å². The van der Waals surface area contributed by atoms with E-state index in [0.29, 0.717) is 6.04 Å². The minimum Gasteiger partial charge on any atom is -0.446 e. The third-order valence-corrected chi connectivity index (χ3v) is 5.03. The van der Waals surface area contributed by atoms with E-state index in [1.807, 2.05) is 11.8 Å². The monoisotopic (exact) mass is 307 g/mol. The van der Waals surface area contributed by atoms with Crippen molar-refractivity contribution < 1.29 is 17.9 Å². The van der Waals surface area contributed by atoms with Gasteiger partial charge in [-0.05, 0) is 46.6 Å². The predicted octanol–water partition coefficient (Wildman–Crippen LogP) is 0.828. The fraction of sp³-hybridized carbons (Fsp3) is 0.917. The van der Waals surface area contributed by atoms with Crippen molar-refractivity contribution >= 4 is 16.3 Å². The van der Waals surface area contributed by atoms with Gasteiger partial charge in [0.1, 0.15) is 0 Å². The van der Waals surface area contributed by atoms with Crippen LogP contribution in [0.15, 0.2) is 0 Å². The molecule has 1 saturated carbocycles. The highest BCUT2D eigenvalue weighted by Crippen LogP contribution is 2.23. The summed E-state index contributed by atoms with van der Waals surface area (Å²) in [7, 11) is -0.434. The number of hydrogen-bond acceptors (Lipinski definition) is 5. The molecule has 1 amide bonds.